The number of hydrogen-bond acceptors (Lipinski definition) is 2. The largest absolute Gasteiger partial charge is 0.488 e. The second-order valence-electron chi connectivity index (χ2n) is 5.75. The molecule has 0 spiro atoms. The zero-order chi connectivity index (χ0) is 19.2. The third-order valence-electron chi connectivity index (χ3n) is 3.86. The Balaban J connectivity index is 1.80. The standard InChI is InChI=1S/C22H14F2INO/c23-19-6-3-5-16(12-19)18(13-26)10-15-8-9-22(21(25)11-15)27-14-17-4-1-2-7-20(17)24/h1-12H,14H2/b18-10-. The number of nitrogens with zero attached hydrogens (tertiary/aromatic N) is 1. The molecule has 0 aliphatic carbocycles. The first-order valence-electron chi connectivity index (χ1n) is 8.10. The lowest BCUT2D eigenvalue weighted by molar-refractivity contribution is 0.297. The van der Waals surface area contributed by atoms with Gasteiger partial charge < -0.3 is 4.74 Å². The Kier molecular flexibility index (Phi) is 6.20. The normalized spacial score (nSPS) is 11.1. The van der Waals surface area contributed by atoms with Crippen molar-refractivity contribution in [3.63, 3.8) is 0 Å². The van der Waals surface area contributed by atoms with Crippen molar-refractivity contribution in [1.82, 2.24) is 0 Å². The average molecular weight is 473 g/mol. The molecule has 0 radical (unpaired) electrons. The molecule has 5 heteroatoms. The van der Waals surface area contributed by atoms with E-state index in [4.69, 9.17) is 4.74 Å². The number of nitriles is 1. The summed E-state index contributed by atoms with van der Waals surface area (Å²) in [6.07, 6.45) is 1.69. The Bertz CT molecular complexity index is 1040. The van der Waals surface area contributed by atoms with Gasteiger partial charge in [0.25, 0.3) is 0 Å². The summed E-state index contributed by atoms with van der Waals surface area (Å²) in [4.78, 5) is 0. The van der Waals surface area contributed by atoms with Crippen LogP contribution in [0.3, 0.4) is 0 Å². The highest BCUT2D eigenvalue weighted by Crippen LogP contribution is 2.26. The molecule has 0 unspecified atom stereocenters. The Labute approximate surface area is 169 Å². The highest BCUT2D eigenvalue weighted by molar-refractivity contribution is 14.1. The van der Waals surface area contributed by atoms with E-state index >= 15 is 0 Å². The zero-order valence-corrected chi connectivity index (χ0v) is 16.3. The van der Waals surface area contributed by atoms with Gasteiger partial charge in [0.05, 0.1) is 15.2 Å². The molecule has 134 valence electrons. The van der Waals surface area contributed by atoms with E-state index in [1.54, 1.807) is 48.5 Å². The van der Waals surface area contributed by atoms with E-state index in [-0.39, 0.29) is 18.2 Å². The van der Waals surface area contributed by atoms with Crippen LogP contribution in [0.15, 0.2) is 66.7 Å². The molecule has 3 aromatic rings. The van der Waals surface area contributed by atoms with Gasteiger partial charge in [-0.15, -0.1) is 0 Å². The van der Waals surface area contributed by atoms with Crippen molar-refractivity contribution < 1.29 is 13.5 Å². The first-order valence-corrected chi connectivity index (χ1v) is 9.18. The molecule has 0 saturated heterocycles. The molecule has 0 bridgehead atoms. The Morgan fingerprint density at radius 2 is 1.85 bits per heavy atom. The van der Waals surface area contributed by atoms with Gasteiger partial charge in [-0.1, -0.05) is 36.4 Å². The maximum atomic E-state index is 13.7. The molecule has 3 aromatic carbocycles. The van der Waals surface area contributed by atoms with Crippen LogP contribution in [0.4, 0.5) is 8.78 Å². The first kappa shape index (κ1) is 19.1. The number of rotatable bonds is 5. The third kappa shape index (κ3) is 4.92. The van der Waals surface area contributed by atoms with E-state index < -0.39 is 0 Å². The molecule has 0 N–H and O–H groups in total. The number of hydrogen-bond donors (Lipinski definition) is 0. The summed E-state index contributed by atoms with van der Waals surface area (Å²) in [7, 11) is 0. The predicted molar refractivity (Wildman–Crippen MR) is 110 cm³/mol. The van der Waals surface area contributed by atoms with Gasteiger partial charge in [0.15, 0.2) is 0 Å². The van der Waals surface area contributed by atoms with Gasteiger partial charge in [-0.05, 0) is 70.1 Å². The molecule has 0 heterocycles. The van der Waals surface area contributed by atoms with E-state index in [1.807, 2.05) is 6.07 Å². The minimum atomic E-state index is -0.389. The van der Waals surface area contributed by atoms with Crippen molar-refractivity contribution in [2.24, 2.45) is 0 Å². The van der Waals surface area contributed by atoms with Crippen LogP contribution in [-0.2, 0) is 6.61 Å². The first-order chi connectivity index (χ1) is 13.1. The van der Waals surface area contributed by atoms with Crippen LogP contribution in [0.2, 0.25) is 0 Å². The van der Waals surface area contributed by atoms with Gasteiger partial charge in [0.2, 0.25) is 0 Å². The molecular weight excluding hydrogens is 459 g/mol. The summed E-state index contributed by atoms with van der Waals surface area (Å²) < 4.78 is 33.6. The molecule has 0 aliphatic rings. The van der Waals surface area contributed by atoms with Gasteiger partial charge in [-0.3, -0.25) is 0 Å². The van der Waals surface area contributed by atoms with Crippen molar-refractivity contribution in [2.75, 3.05) is 0 Å². The second kappa shape index (κ2) is 8.78. The van der Waals surface area contributed by atoms with Gasteiger partial charge in [-0.2, -0.15) is 5.26 Å². The highest BCUT2D eigenvalue weighted by atomic mass is 127. The summed E-state index contributed by atoms with van der Waals surface area (Å²) in [5.74, 6) is -0.0683. The van der Waals surface area contributed by atoms with Crippen LogP contribution in [-0.4, -0.2) is 0 Å². The minimum Gasteiger partial charge on any atom is -0.488 e. The van der Waals surface area contributed by atoms with Crippen LogP contribution in [0.25, 0.3) is 11.6 Å². The maximum Gasteiger partial charge on any atom is 0.133 e. The molecule has 0 fully saturated rings. The lowest BCUT2D eigenvalue weighted by Crippen LogP contribution is -1.99. The van der Waals surface area contributed by atoms with Crippen molar-refractivity contribution in [3.05, 3.63) is 98.6 Å². The quantitative estimate of drug-likeness (QED) is 0.251. The average Bonchev–Trinajstić information content (AvgIpc) is 2.66. The van der Waals surface area contributed by atoms with Gasteiger partial charge >= 0.3 is 0 Å². The number of halogens is 3. The summed E-state index contributed by atoms with van der Waals surface area (Å²) >= 11 is 2.13. The van der Waals surface area contributed by atoms with E-state index in [1.165, 1.54) is 18.2 Å². The third-order valence-corrected chi connectivity index (χ3v) is 4.71. The van der Waals surface area contributed by atoms with Gasteiger partial charge in [0.1, 0.15) is 24.0 Å². The molecule has 0 aromatic heterocycles. The molecule has 0 amide bonds. The maximum absolute atomic E-state index is 13.7. The van der Waals surface area contributed by atoms with Crippen LogP contribution in [0, 0.1) is 26.5 Å². The smallest absolute Gasteiger partial charge is 0.133 e. The summed E-state index contributed by atoms with van der Waals surface area (Å²) in [6.45, 7) is 0.130. The molecular formula is C22H14F2INO. The summed E-state index contributed by atoms with van der Waals surface area (Å²) in [6, 6.07) is 19.9. The molecule has 0 aliphatic heterocycles. The van der Waals surface area contributed by atoms with E-state index in [2.05, 4.69) is 28.7 Å². The Hall–Kier alpha value is -2.72. The zero-order valence-electron chi connectivity index (χ0n) is 14.1. The van der Waals surface area contributed by atoms with Crippen molar-refractivity contribution in [2.45, 2.75) is 6.61 Å². The number of allylic oxidation sites excluding steroid dienone is 1. The van der Waals surface area contributed by atoms with Crippen LogP contribution >= 0.6 is 22.6 Å². The van der Waals surface area contributed by atoms with E-state index in [9.17, 15) is 14.0 Å². The summed E-state index contributed by atoms with van der Waals surface area (Å²) in [5, 5.41) is 9.39. The fourth-order valence-electron chi connectivity index (χ4n) is 2.50. The lowest BCUT2D eigenvalue weighted by atomic mass is 10.0. The minimum absolute atomic E-state index is 0.130. The lowest BCUT2D eigenvalue weighted by Gasteiger charge is -2.10. The Morgan fingerprint density at radius 1 is 1.04 bits per heavy atom. The number of ether oxygens (including phenoxy) is 1. The summed E-state index contributed by atoms with van der Waals surface area (Å²) in [5.41, 5.74) is 2.16. The SMILES string of the molecule is N#C/C(=C/c1ccc(OCc2ccccc2F)c(I)c1)c1cccc(F)c1. The van der Waals surface area contributed by atoms with Gasteiger partial charge in [-0.25, -0.2) is 8.78 Å². The Morgan fingerprint density at radius 3 is 2.56 bits per heavy atom. The number of benzene rings is 3. The molecule has 0 saturated carbocycles. The monoisotopic (exact) mass is 473 g/mol. The van der Waals surface area contributed by atoms with E-state index in [0.29, 0.717) is 22.4 Å². The topological polar surface area (TPSA) is 33.0 Å². The molecule has 2 nitrogen and oxygen atoms in total. The van der Waals surface area contributed by atoms with Gasteiger partial charge in [0, 0.05) is 5.56 Å². The fourth-order valence-corrected chi connectivity index (χ4v) is 3.19. The molecule has 0 atom stereocenters. The fraction of sp³-hybridized carbons (Fsp3) is 0.0455. The highest BCUT2D eigenvalue weighted by Gasteiger charge is 2.07. The van der Waals surface area contributed by atoms with Crippen molar-refractivity contribution in [1.29, 1.82) is 5.26 Å². The van der Waals surface area contributed by atoms with Crippen LogP contribution in [0.5, 0.6) is 5.75 Å². The van der Waals surface area contributed by atoms with Crippen LogP contribution < -0.4 is 4.74 Å². The second-order valence-corrected chi connectivity index (χ2v) is 6.91. The molecule has 27 heavy (non-hydrogen) atoms. The van der Waals surface area contributed by atoms with E-state index in [0.717, 1.165) is 9.13 Å². The van der Waals surface area contributed by atoms with Crippen molar-refractivity contribution in [3.8, 4) is 11.8 Å². The molecule has 3 rings (SSSR count). The predicted octanol–water partition coefficient (Wildman–Crippen LogP) is 6.21. The van der Waals surface area contributed by atoms with Crippen LogP contribution in [0.1, 0.15) is 16.7 Å². The van der Waals surface area contributed by atoms with Crippen molar-refractivity contribution >= 4 is 34.2 Å².